The van der Waals surface area contributed by atoms with Crippen LogP contribution in [0.4, 0.5) is 0 Å². The van der Waals surface area contributed by atoms with E-state index in [0.29, 0.717) is 0 Å². The Morgan fingerprint density at radius 2 is 1.09 bits per heavy atom. The first-order valence-corrected chi connectivity index (χ1v) is 7.66. The predicted molar refractivity (Wildman–Crippen MR) is 90.8 cm³/mol. The highest BCUT2D eigenvalue weighted by molar-refractivity contribution is 5.41. The molecular weight excluding hydrogens is 272 g/mol. The summed E-state index contributed by atoms with van der Waals surface area (Å²) in [6.07, 6.45) is 0. The van der Waals surface area contributed by atoms with Crippen molar-refractivity contribution in [2.75, 3.05) is 7.11 Å². The fourth-order valence-electron chi connectivity index (χ4n) is 3.04. The molecule has 0 saturated heterocycles. The van der Waals surface area contributed by atoms with Crippen molar-refractivity contribution >= 4 is 0 Å². The van der Waals surface area contributed by atoms with Crippen molar-refractivity contribution in [1.82, 2.24) is 0 Å². The van der Waals surface area contributed by atoms with E-state index in [-0.39, 0.29) is 5.41 Å². The molecule has 0 spiro atoms. The van der Waals surface area contributed by atoms with Gasteiger partial charge >= 0.3 is 0 Å². The number of benzene rings is 2. The van der Waals surface area contributed by atoms with E-state index in [0.717, 1.165) is 11.1 Å². The molecule has 2 nitrogen and oxygen atoms in total. The highest BCUT2D eigenvalue weighted by Crippen LogP contribution is 2.50. The third-order valence-electron chi connectivity index (χ3n) is 4.81. The Morgan fingerprint density at radius 1 is 0.727 bits per heavy atom. The lowest BCUT2D eigenvalue weighted by atomic mass is 9.62. The Kier molecular flexibility index (Phi) is 4.46. The van der Waals surface area contributed by atoms with Gasteiger partial charge in [0.2, 0.25) is 0 Å². The summed E-state index contributed by atoms with van der Waals surface area (Å²) < 4.78 is 6.05. The van der Waals surface area contributed by atoms with Gasteiger partial charge in [0.05, 0.1) is 0 Å². The normalized spacial score (nSPS) is 15.4. The molecular formula is C20H26O2. The summed E-state index contributed by atoms with van der Waals surface area (Å²) in [5.41, 5.74) is -0.535. The Bertz CT molecular complexity index is 555. The fraction of sp³-hybridized carbons (Fsp3) is 0.400. The van der Waals surface area contributed by atoms with Crippen LogP contribution in [-0.4, -0.2) is 17.8 Å². The first-order chi connectivity index (χ1) is 10.3. The van der Waals surface area contributed by atoms with E-state index in [1.807, 2.05) is 88.4 Å². The van der Waals surface area contributed by atoms with Crippen molar-refractivity contribution in [3.05, 3.63) is 71.8 Å². The smallest absolute Gasteiger partial charge is 0.146 e. The molecule has 1 unspecified atom stereocenters. The summed E-state index contributed by atoms with van der Waals surface area (Å²) in [4.78, 5) is 0. The Hall–Kier alpha value is -1.64. The van der Waals surface area contributed by atoms with Gasteiger partial charge in [-0.25, -0.2) is 0 Å². The van der Waals surface area contributed by atoms with Crippen LogP contribution in [-0.2, 0) is 10.3 Å². The number of aliphatic hydroxyl groups is 1. The van der Waals surface area contributed by atoms with Crippen LogP contribution < -0.4 is 0 Å². The van der Waals surface area contributed by atoms with Gasteiger partial charge in [-0.3, -0.25) is 0 Å². The molecule has 0 aliphatic carbocycles. The van der Waals surface area contributed by atoms with E-state index in [2.05, 4.69) is 0 Å². The van der Waals surface area contributed by atoms with Crippen LogP contribution in [0, 0.1) is 5.41 Å². The topological polar surface area (TPSA) is 29.5 Å². The molecule has 0 heterocycles. The maximum absolute atomic E-state index is 11.5. The number of hydrogen-bond donors (Lipinski definition) is 1. The van der Waals surface area contributed by atoms with Crippen LogP contribution in [0.2, 0.25) is 0 Å². The van der Waals surface area contributed by atoms with Gasteiger partial charge < -0.3 is 9.84 Å². The molecule has 0 aliphatic heterocycles. The van der Waals surface area contributed by atoms with Crippen LogP contribution in [0.25, 0.3) is 0 Å². The van der Waals surface area contributed by atoms with Crippen LogP contribution in [0.1, 0.15) is 38.8 Å². The lowest BCUT2D eigenvalue weighted by Crippen LogP contribution is -2.59. The zero-order chi connectivity index (χ0) is 16.4. The van der Waals surface area contributed by atoms with E-state index >= 15 is 0 Å². The molecule has 22 heavy (non-hydrogen) atoms. The minimum Gasteiger partial charge on any atom is -0.386 e. The monoisotopic (exact) mass is 298 g/mol. The van der Waals surface area contributed by atoms with Gasteiger partial charge in [0.15, 0.2) is 0 Å². The number of ether oxygens (including phenoxy) is 1. The summed E-state index contributed by atoms with van der Waals surface area (Å²) in [6, 6.07) is 19.9. The molecule has 1 N–H and O–H groups in total. The molecule has 0 aromatic heterocycles. The number of methoxy groups -OCH3 is 1. The van der Waals surface area contributed by atoms with Gasteiger partial charge in [0, 0.05) is 7.11 Å². The van der Waals surface area contributed by atoms with E-state index in [1.54, 1.807) is 7.11 Å². The molecule has 2 rings (SSSR count). The molecule has 0 radical (unpaired) electrons. The van der Waals surface area contributed by atoms with E-state index in [9.17, 15) is 5.11 Å². The minimum atomic E-state index is -1.11. The summed E-state index contributed by atoms with van der Waals surface area (Å²) in [6.45, 7) is 7.96. The van der Waals surface area contributed by atoms with Gasteiger partial charge in [-0.15, -0.1) is 0 Å². The first kappa shape index (κ1) is 16.7. The highest BCUT2D eigenvalue weighted by atomic mass is 16.5. The Balaban J connectivity index is 2.80. The van der Waals surface area contributed by atoms with E-state index in [1.165, 1.54) is 0 Å². The van der Waals surface area contributed by atoms with Gasteiger partial charge in [0.1, 0.15) is 11.2 Å². The first-order valence-electron chi connectivity index (χ1n) is 7.66. The van der Waals surface area contributed by atoms with Crippen LogP contribution in [0.5, 0.6) is 0 Å². The SMILES string of the molecule is COC(c1ccccc1)(c1ccccc1)C(C)(O)C(C)(C)C. The molecule has 2 aromatic carbocycles. The largest absolute Gasteiger partial charge is 0.386 e. The molecule has 0 bridgehead atoms. The number of hydrogen-bond acceptors (Lipinski definition) is 2. The average Bonchev–Trinajstić information content (AvgIpc) is 2.49. The molecule has 0 amide bonds. The molecule has 0 fully saturated rings. The van der Waals surface area contributed by atoms with E-state index in [4.69, 9.17) is 4.74 Å². The summed E-state index contributed by atoms with van der Waals surface area (Å²) in [7, 11) is 1.67. The summed E-state index contributed by atoms with van der Waals surface area (Å²) in [5, 5.41) is 11.5. The highest BCUT2D eigenvalue weighted by Gasteiger charge is 2.56. The van der Waals surface area contributed by atoms with Crippen molar-refractivity contribution in [1.29, 1.82) is 0 Å². The fourth-order valence-corrected chi connectivity index (χ4v) is 3.04. The van der Waals surface area contributed by atoms with Gasteiger partial charge in [-0.1, -0.05) is 81.4 Å². The molecule has 118 valence electrons. The van der Waals surface area contributed by atoms with Crippen LogP contribution in [0.3, 0.4) is 0 Å². The minimum absolute atomic E-state index is 0.380. The zero-order valence-electron chi connectivity index (χ0n) is 14.1. The Labute approximate surface area is 133 Å². The maximum Gasteiger partial charge on any atom is 0.146 e. The molecule has 0 saturated carbocycles. The second-order valence-electron chi connectivity index (χ2n) is 6.94. The molecule has 0 aliphatic rings. The third kappa shape index (κ3) is 2.47. The van der Waals surface area contributed by atoms with Crippen molar-refractivity contribution < 1.29 is 9.84 Å². The lowest BCUT2D eigenvalue weighted by Gasteiger charge is -2.51. The van der Waals surface area contributed by atoms with Gasteiger partial charge in [-0.05, 0) is 23.5 Å². The summed E-state index contributed by atoms with van der Waals surface area (Å²) >= 11 is 0. The van der Waals surface area contributed by atoms with Crippen molar-refractivity contribution in [3.8, 4) is 0 Å². The lowest BCUT2D eigenvalue weighted by molar-refractivity contribution is -0.192. The van der Waals surface area contributed by atoms with Crippen molar-refractivity contribution in [2.24, 2.45) is 5.41 Å². The van der Waals surface area contributed by atoms with Crippen LogP contribution in [0.15, 0.2) is 60.7 Å². The van der Waals surface area contributed by atoms with Crippen molar-refractivity contribution in [3.63, 3.8) is 0 Å². The second-order valence-corrected chi connectivity index (χ2v) is 6.94. The molecule has 2 heteroatoms. The standard InChI is InChI=1S/C20H26O2/c1-18(2,3)19(4,21)20(22-5,16-12-8-6-9-13-16)17-14-10-7-11-15-17/h6-15,21H,1-5H3. The Morgan fingerprint density at radius 3 is 1.36 bits per heavy atom. The predicted octanol–water partition coefficient (Wildman–Crippen LogP) is 4.37. The van der Waals surface area contributed by atoms with Gasteiger partial charge in [0.25, 0.3) is 0 Å². The molecule has 2 aromatic rings. The van der Waals surface area contributed by atoms with Crippen LogP contribution >= 0.6 is 0 Å². The second kappa shape index (κ2) is 5.86. The van der Waals surface area contributed by atoms with E-state index < -0.39 is 11.2 Å². The van der Waals surface area contributed by atoms with Gasteiger partial charge in [-0.2, -0.15) is 0 Å². The number of rotatable bonds is 4. The average molecular weight is 298 g/mol. The van der Waals surface area contributed by atoms with Crippen molar-refractivity contribution in [2.45, 2.75) is 38.9 Å². The third-order valence-corrected chi connectivity index (χ3v) is 4.81. The quantitative estimate of drug-likeness (QED) is 0.908. The zero-order valence-corrected chi connectivity index (χ0v) is 14.1. The molecule has 1 atom stereocenters. The summed E-state index contributed by atoms with van der Waals surface area (Å²) in [5.74, 6) is 0. The maximum atomic E-state index is 11.5.